The normalized spacial score (nSPS) is 9.87. The quantitative estimate of drug-likeness (QED) is 0.585. The fourth-order valence-electron chi connectivity index (χ4n) is 1.22. The third-order valence-electron chi connectivity index (χ3n) is 1.87. The van der Waals surface area contributed by atoms with Crippen molar-refractivity contribution >= 4 is 11.8 Å². The van der Waals surface area contributed by atoms with Crippen LogP contribution in [0.2, 0.25) is 0 Å². The minimum atomic E-state index is 0.799. The molecule has 0 saturated heterocycles. The van der Waals surface area contributed by atoms with E-state index in [-0.39, 0.29) is 0 Å². The van der Waals surface area contributed by atoms with E-state index in [2.05, 4.69) is 29.2 Å². The molecule has 2 nitrogen and oxygen atoms in total. The van der Waals surface area contributed by atoms with Crippen LogP contribution in [-0.4, -0.2) is 23.0 Å². The van der Waals surface area contributed by atoms with E-state index >= 15 is 0 Å². The minimum absolute atomic E-state index is 0.799. The van der Waals surface area contributed by atoms with Gasteiger partial charge in [-0.05, 0) is 18.1 Å². The molecule has 0 aliphatic carbocycles. The van der Waals surface area contributed by atoms with Crippen LogP contribution in [0, 0.1) is 19.3 Å². The van der Waals surface area contributed by atoms with Crippen molar-refractivity contribution in [2.24, 2.45) is 0 Å². The van der Waals surface area contributed by atoms with Crippen LogP contribution in [0.1, 0.15) is 11.1 Å². The summed E-state index contributed by atoms with van der Waals surface area (Å²) in [5, 5.41) is 3.36. The van der Waals surface area contributed by atoms with Crippen molar-refractivity contribution in [1.29, 1.82) is 0 Å². The van der Waals surface area contributed by atoms with Gasteiger partial charge in [0.1, 0.15) is 0 Å². The maximum atomic E-state index is 5.15. The van der Waals surface area contributed by atoms with E-state index in [1.54, 1.807) is 11.8 Å². The van der Waals surface area contributed by atoms with Gasteiger partial charge in [-0.3, -0.25) is 4.98 Å². The minimum Gasteiger partial charge on any atom is -0.312 e. The van der Waals surface area contributed by atoms with Crippen LogP contribution in [0.5, 0.6) is 0 Å². The maximum absolute atomic E-state index is 5.15. The van der Waals surface area contributed by atoms with Crippen molar-refractivity contribution in [3.8, 4) is 12.3 Å². The molecule has 0 bridgehead atoms. The van der Waals surface area contributed by atoms with Crippen LogP contribution >= 0.6 is 11.8 Å². The Labute approximate surface area is 95.9 Å². The van der Waals surface area contributed by atoms with Crippen LogP contribution < -0.4 is 5.32 Å². The molecule has 0 aliphatic rings. The Morgan fingerprint density at radius 3 is 3.13 bits per heavy atom. The zero-order valence-corrected chi connectivity index (χ0v) is 9.81. The highest BCUT2D eigenvalue weighted by atomic mass is 32.2. The number of hydrogen-bond donors (Lipinski definition) is 1. The average Bonchev–Trinajstić information content (AvgIpc) is 2.23. The lowest BCUT2D eigenvalue weighted by Gasteiger charge is -2.04. The van der Waals surface area contributed by atoms with E-state index in [1.165, 1.54) is 11.1 Å². The van der Waals surface area contributed by atoms with Crippen LogP contribution in [-0.2, 0) is 6.54 Å². The second-order valence-corrected chi connectivity index (χ2v) is 4.41. The Morgan fingerprint density at radius 1 is 1.53 bits per heavy atom. The third kappa shape index (κ3) is 5.46. The molecule has 1 N–H and O–H groups in total. The molecule has 0 aromatic carbocycles. The van der Waals surface area contributed by atoms with E-state index in [9.17, 15) is 0 Å². The molecule has 0 spiro atoms. The van der Waals surface area contributed by atoms with Crippen molar-refractivity contribution in [2.75, 3.05) is 18.1 Å². The number of pyridine rings is 1. The molecule has 3 heteroatoms. The smallest absolute Gasteiger partial charge is 0.0545 e. The van der Waals surface area contributed by atoms with E-state index in [4.69, 9.17) is 6.42 Å². The summed E-state index contributed by atoms with van der Waals surface area (Å²) in [7, 11) is 0. The second kappa shape index (κ2) is 7.33. The summed E-state index contributed by atoms with van der Waals surface area (Å²) in [6, 6.07) is 2.15. The molecule has 0 fully saturated rings. The zero-order valence-electron chi connectivity index (χ0n) is 8.99. The molecule has 0 radical (unpaired) electrons. The van der Waals surface area contributed by atoms with Gasteiger partial charge in [-0.2, -0.15) is 0 Å². The average molecular weight is 220 g/mol. The van der Waals surface area contributed by atoms with Gasteiger partial charge in [0.15, 0.2) is 0 Å². The standard InChI is InChI=1S/C12H16N2S/c1-3-5-15-6-4-13-9-12-7-11(2)8-14-10-12/h1,7-8,10,13H,4-6,9H2,2H3. The van der Waals surface area contributed by atoms with Gasteiger partial charge in [0.25, 0.3) is 0 Å². The van der Waals surface area contributed by atoms with E-state index in [0.717, 1.165) is 24.6 Å². The van der Waals surface area contributed by atoms with E-state index in [1.807, 2.05) is 12.4 Å². The number of nitrogens with one attached hydrogen (secondary N) is 1. The molecule has 1 aromatic heterocycles. The molecule has 1 rings (SSSR count). The first kappa shape index (κ1) is 12.1. The van der Waals surface area contributed by atoms with Crippen molar-refractivity contribution in [3.63, 3.8) is 0 Å². The number of terminal acetylenes is 1. The van der Waals surface area contributed by atoms with Crippen molar-refractivity contribution < 1.29 is 0 Å². The molecule has 0 saturated carbocycles. The number of thioether (sulfide) groups is 1. The number of rotatable bonds is 6. The number of nitrogens with zero attached hydrogens (tertiary/aromatic N) is 1. The van der Waals surface area contributed by atoms with E-state index in [0.29, 0.717) is 0 Å². The first-order valence-electron chi connectivity index (χ1n) is 4.95. The summed E-state index contributed by atoms with van der Waals surface area (Å²) in [6.45, 7) is 3.92. The van der Waals surface area contributed by atoms with Gasteiger partial charge in [0.2, 0.25) is 0 Å². The van der Waals surface area contributed by atoms with Crippen LogP contribution in [0.25, 0.3) is 0 Å². The number of aryl methyl sites for hydroxylation is 1. The molecule has 1 heterocycles. The van der Waals surface area contributed by atoms with Gasteiger partial charge >= 0.3 is 0 Å². The third-order valence-corrected chi connectivity index (χ3v) is 2.73. The molecular weight excluding hydrogens is 204 g/mol. The largest absolute Gasteiger partial charge is 0.312 e. The van der Waals surface area contributed by atoms with Gasteiger partial charge < -0.3 is 5.32 Å². The molecule has 0 unspecified atom stereocenters. The number of aromatic nitrogens is 1. The SMILES string of the molecule is C#CCSCCNCc1cncc(C)c1. The molecule has 0 amide bonds. The van der Waals surface area contributed by atoms with Crippen molar-refractivity contribution in [3.05, 3.63) is 29.6 Å². The molecule has 80 valence electrons. The Bertz CT molecular complexity index is 331. The summed E-state index contributed by atoms with van der Waals surface area (Å²) >= 11 is 1.78. The van der Waals surface area contributed by atoms with Crippen LogP contribution in [0.4, 0.5) is 0 Å². The van der Waals surface area contributed by atoms with E-state index < -0.39 is 0 Å². The summed E-state index contributed by atoms with van der Waals surface area (Å²) in [6.07, 6.45) is 8.92. The summed E-state index contributed by atoms with van der Waals surface area (Å²) < 4.78 is 0. The first-order valence-corrected chi connectivity index (χ1v) is 6.11. The Kier molecular flexibility index (Phi) is 5.91. The second-order valence-electron chi connectivity index (χ2n) is 3.30. The van der Waals surface area contributed by atoms with Gasteiger partial charge in [-0.1, -0.05) is 12.0 Å². The molecule has 0 aliphatic heterocycles. The molecule has 1 aromatic rings. The summed E-state index contributed by atoms with van der Waals surface area (Å²) in [5.41, 5.74) is 2.44. The molecule has 0 atom stereocenters. The van der Waals surface area contributed by atoms with Gasteiger partial charge in [-0.15, -0.1) is 18.2 Å². The fraction of sp³-hybridized carbons (Fsp3) is 0.417. The number of hydrogen-bond acceptors (Lipinski definition) is 3. The maximum Gasteiger partial charge on any atom is 0.0545 e. The van der Waals surface area contributed by atoms with Crippen LogP contribution in [0.15, 0.2) is 18.5 Å². The highest BCUT2D eigenvalue weighted by Crippen LogP contribution is 2.01. The highest BCUT2D eigenvalue weighted by Gasteiger charge is 1.93. The predicted octanol–water partition coefficient (Wildman–Crippen LogP) is 1.85. The summed E-state index contributed by atoms with van der Waals surface area (Å²) in [5.74, 6) is 4.47. The first-order chi connectivity index (χ1) is 7.33. The lowest BCUT2D eigenvalue weighted by molar-refractivity contribution is 0.729. The Morgan fingerprint density at radius 2 is 2.40 bits per heavy atom. The van der Waals surface area contributed by atoms with Crippen molar-refractivity contribution in [1.82, 2.24) is 10.3 Å². The highest BCUT2D eigenvalue weighted by molar-refractivity contribution is 7.99. The monoisotopic (exact) mass is 220 g/mol. The molecular formula is C12H16N2S. The van der Waals surface area contributed by atoms with Gasteiger partial charge in [0, 0.05) is 31.2 Å². The van der Waals surface area contributed by atoms with Gasteiger partial charge in [-0.25, -0.2) is 0 Å². The summed E-state index contributed by atoms with van der Waals surface area (Å²) in [4.78, 5) is 4.14. The predicted molar refractivity (Wildman–Crippen MR) is 66.8 cm³/mol. The van der Waals surface area contributed by atoms with Gasteiger partial charge in [0.05, 0.1) is 5.75 Å². The fourth-order valence-corrected chi connectivity index (χ4v) is 1.77. The lowest BCUT2D eigenvalue weighted by Crippen LogP contribution is -2.16. The Hall–Kier alpha value is -0.980. The lowest BCUT2D eigenvalue weighted by atomic mass is 10.2. The Balaban J connectivity index is 2.13. The molecule has 15 heavy (non-hydrogen) atoms. The zero-order chi connectivity index (χ0) is 10.9. The topological polar surface area (TPSA) is 24.9 Å². The van der Waals surface area contributed by atoms with Crippen molar-refractivity contribution in [2.45, 2.75) is 13.5 Å². The van der Waals surface area contributed by atoms with Crippen LogP contribution in [0.3, 0.4) is 0 Å².